The van der Waals surface area contributed by atoms with Crippen molar-refractivity contribution in [3.63, 3.8) is 0 Å². The molecule has 0 bridgehead atoms. The first-order chi connectivity index (χ1) is 15.1. The standard InChI is InChI=1S/C26H31N3O2/c1-4-5-9-22(21-10-7-6-8-11-21)14-27-15-23-13-19(2)12-20(3)25(23)26(30)31-24-16-28-18-29-17-24/h6-8,10-13,16-18,22,27H,4-5,9,14-15H2,1-3H3. The van der Waals surface area contributed by atoms with Crippen LogP contribution in [0.2, 0.25) is 0 Å². The number of aryl methyl sites for hydroxylation is 2. The van der Waals surface area contributed by atoms with Crippen LogP contribution in [0.5, 0.6) is 5.75 Å². The lowest BCUT2D eigenvalue weighted by molar-refractivity contribution is 0.0731. The van der Waals surface area contributed by atoms with Gasteiger partial charge in [-0.25, -0.2) is 14.8 Å². The molecule has 1 heterocycles. The third-order valence-corrected chi connectivity index (χ3v) is 5.40. The van der Waals surface area contributed by atoms with Gasteiger partial charge in [0.15, 0.2) is 5.75 Å². The highest BCUT2D eigenvalue weighted by molar-refractivity contribution is 5.94. The van der Waals surface area contributed by atoms with Crippen LogP contribution in [0, 0.1) is 13.8 Å². The fourth-order valence-corrected chi connectivity index (χ4v) is 3.93. The van der Waals surface area contributed by atoms with Gasteiger partial charge in [-0.1, -0.05) is 67.8 Å². The van der Waals surface area contributed by atoms with E-state index in [4.69, 9.17) is 4.74 Å². The van der Waals surface area contributed by atoms with Crippen LogP contribution in [-0.2, 0) is 6.54 Å². The van der Waals surface area contributed by atoms with E-state index in [1.165, 1.54) is 37.1 Å². The molecule has 31 heavy (non-hydrogen) atoms. The molecule has 0 fully saturated rings. The van der Waals surface area contributed by atoms with Gasteiger partial charge < -0.3 is 10.1 Å². The van der Waals surface area contributed by atoms with Gasteiger partial charge in [-0.2, -0.15) is 0 Å². The van der Waals surface area contributed by atoms with Crippen LogP contribution in [0.3, 0.4) is 0 Å². The molecule has 0 aliphatic carbocycles. The Morgan fingerprint density at radius 3 is 2.55 bits per heavy atom. The number of benzene rings is 2. The van der Waals surface area contributed by atoms with Crippen LogP contribution < -0.4 is 10.1 Å². The minimum atomic E-state index is -0.380. The second-order valence-corrected chi connectivity index (χ2v) is 7.96. The fourth-order valence-electron chi connectivity index (χ4n) is 3.93. The molecule has 1 aromatic heterocycles. The van der Waals surface area contributed by atoms with Crippen molar-refractivity contribution in [1.29, 1.82) is 0 Å². The van der Waals surface area contributed by atoms with Crippen molar-refractivity contribution in [3.8, 4) is 5.75 Å². The molecule has 0 aliphatic heterocycles. The van der Waals surface area contributed by atoms with Crippen molar-refractivity contribution in [2.45, 2.75) is 52.5 Å². The Balaban J connectivity index is 1.73. The van der Waals surface area contributed by atoms with Gasteiger partial charge in [-0.15, -0.1) is 0 Å². The van der Waals surface area contributed by atoms with Gasteiger partial charge in [0, 0.05) is 13.1 Å². The number of nitrogens with zero attached hydrogens (tertiary/aromatic N) is 2. The Kier molecular flexibility index (Phi) is 8.30. The number of carbonyl (C=O) groups is 1. The maximum atomic E-state index is 12.9. The summed E-state index contributed by atoms with van der Waals surface area (Å²) in [5, 5.41) is 3.59. The van der Waals surface area contributed by atoms with Crippen molar-refractivity contribution >= 4 is 5.97 Å². The second kappa shape index (κ2) is 11.4. The van der Waals surface area contributed by atoms with E-state index < -0.39 is 0 Å². The molecular weight excluding hydrogens is 386 g/mol. The number of aromatic nitrogens is 2. The molecule has 3 rings (SSSR count). The number of rotatable bonds is 10. The predicted octanol–water partition coefficient (Wildman–Crippen LogP) is 5.38. The lowest BCUT2D eigenvalue weighted by atomic mass is 9.93. The first kappa shape index (κ1) is 22.6. The molecule has 1 unspecified atom stereocenters. The van der Waals surface area contributed by atoms with Crippen LogP contribution in [0.4, 0.5) is 0 Å². The van der Waals surface area contributed by atoms with Crippen LogP contribution in [-0.4, -0.2) is 22.5 Å². The van der Waals surface area contributed by atoms with Crippen LogP contribution in [0.25, 0.3) is 0 Å². The topological polar surface area (TPSA) is 64.1 Å². The summed E-state index contributed by atoms with van der Waals surface area (Å²) in [7, 11) is 0. The Bertz CT molecular complexity index is 975. The summed E-state index contributed by atoms with van der Waals surface area (Å²) in [5.74, 6) is 0.411. The summed E-state index contributed by atoms with van der Waals surface area (Å²) in [4.78, 5) is 20.7. The minimum Gasteiger partial charge on any atom is -0.420 e. The number of hydrogen-bond acceptors (Lipinski definition) is 5. The molecule has 0 saturated heterocycles. The summed E-state index contributed by atoms with van der Waals surface area (Å²) in [6.07, 6.45) is 7.91. The number of unbranched alkanes of at least 4 members (excludes halogenated alkanes) is 1. The third kappa shape index (κ3) is 6.46. The van der Waals surface area contributed by atoms with Gasteiger partial charge in [0.05, 0.1) is 18.0 Å². The fraction of sp³-hybridized carbons (Fsp3) is 0.346. The monoisotopic (exact) mass is 417 g/mol. The van der Waals surface area contributed by atoms with Crippen LogP contribution in [0.15, 0.2) is 61.2 Å². The highest BCUT2D eigenvalue weighted by atomic mass is 16.5. The Morgan fingerprint density at radius 2 is 1.84 bits per heavy atom. The maximum Gasteiger partial charge on any atom is 0.344 e. The maximum absolute atomic E-state index is 12.9. The molecule has 0 aliphatic rings. The highest BCUT2D eigenvalue weighted by Crippen LogP contribution is 2.23. The van der Waals surface area contributed by atoms with Crippen molar-refractivity contribution in [2.75, 3.05) is 6.54 Å². The molecule has 2 aromatic carbocycles. The molecule has 0 spiro atoms. The van der Waals surface area contributed by atoms with Crippen molar-refractivity contribution in [3.05, 3.63) is 89.0 Å². The van der Waals surface area contributed by atoms with Gasteiger partial charge in [0.25, 0.3) is 0 Å². The molecule has 0 radical (unpaired) electrons. The first-order valence-corrected chi connectivity index (χ1v) is 10.9. The number of ether oxygens (including phenoxy) is 1. The van der Waals surface area contributed by atoms with E-state index in [1.54, 1.807) is 0 Å². The lowest BCUT2D eigenvalue weighted by Crippen LogP contribution is -2.24. The molecular formula is C26H31N3O2. The van der Waals surface area contributed by atoms with Crippen LogP contribution >= 0.6 is 0 Å². The summed E-state index contributed by atoms with van der Waals surface area (Å²) in [6, 6.07) is 14.7. The number of hydrogen-bond donors (Lipinski definition) is 1. The van der Waals surface area contributed by atoms with E-state index in [1.807, 2.05) is 19.9 Å². The van der Waals surface area contributed by atoms with E-state index in [2.05, 4.69) is 58.6 Å². The quantitative estimate of drug-likeness (QED) is 0.449. The lowest BCUT2D eigenvalue weighted by Gasteiger charge is -2.19. The van der Waals surface area contributed by atoms with Gasteiger partial charge in [0.1, 0.15) is 6.33 Å². The molecule has 1 N–H and O–H groups in total. The molecule has 5 heteroatoms. The number of esters is 1. The van der Waals surface area contributed by atoms with Crippen molar-refractivity contribution in [2.24, 2.45) is 0 Å². The van der Waals surface area contributed by atoms with E-state index in [0.717, 1.165) is 29.7 Å². The van der Waals surface area contributed by atoms with E-state index in [0.29, 0.717) is 23.8 Å². The molecule has 0 saturated carbocycles. The molecule has 3 aromatic rings. The van der Waals surface area contributed by atoms with Gasteiger partial charge in [-0.3, -0.25) is 0 Å². The van der Waals surface area contributed by atoms with Crippen molar-refractivity contribution < 1.29 is 9.53 Å². The number of carbonyl (C=O) groups excluding carboxylic acids is 1. The first-order valence-electron chi connectivity index (χ1n) is 10.9. The molecule has 0 amide bonds. The van der Waals surface area contributed by atoms with Gasteiger partial charge >= 0.3 is 5.97 Å². The molecule has 162 valence electrons. The summed E-state index contributed by atoms with van der Waals surface area (Å²) in [5.41, 5.74) is 4.93. The zero-order chi connectivity index (χ0) is 22.1. The average Bonchev–Trinajstić information content (AvgIpc) is 2.77. The minimum absolute atomic E-state index is 0.343. The Labute approximate surface area is 184 Å². The average molecular weight is 418 g/mol. The summed E-state index contributed by atoms with van der Waals surface area (Å²) in [6.45, 7) is 7.68. The SMILES string of the molecule is CCCCC(CNCc1cc(C)cc(C)c1C(=O)Oc1cncnc1)c1ccccc1. The molecule has 1 atom stereocenters. The summed E-state index contributed by atoms with van der Waals surface area (Å²) >= 11 is 0. The van der Waals surface area contributed by atoms with E-state index in [-0.39, 0.29) is 5.97 Å². The second-order valence-electron chi connectivity index (χ2n) is 7.96. The van der Waals surface area contributed by atoms with Gasteiger partial charge in [0.2, 0.25) is 0 Å². The Morgan fingerprint density at radius 1 is 1.10 bits per heavy atom. The molecule has 5 nitrogen and oxygen atoms in total. The van der Waals surface area contributed by atoms with Gasteiger partial charge in [-0.05, 0) is 42.9 Å². The zero-order valence-corrected chi connectivity index (χ0v) is 18.6. The predicted molar refractivity (Wildman–Crippen MR) is 123 cm³/mol. The number of nitrogens with one attached hydrogen (secondary N) is 1. The Hall–Kier alpha value is -3.05. The van der Waals surface area contributed by atoms with Crippen molar-refractivity contribution in [1.82, 2.24) is 15.3 Å². The van der Waals surface area contributed by atoms with Crippen LogP contribution in [0.1, 0.15) is 64.7 Å². The summed E-state index contributed by atoms with van der Waals surface area (Å²) < 4.78 is 5.52. The van der Waals surface area contributed by atoms with E-state index >= 15 is 0 Å². The highest BCUT2D eigenvalue weighted by Gasteiger charge is 2.18. The largest absolute Gasteiger partial charge is 0.420 e. The third-order valence-electron chi connectivity index (χ3n) is 5.40. The van der Waals surface area contributed by atoms with E-state index in [9.17, 15) is 4.79 Å². The zero-order valence-electron chi connectivity index (χ0n) is 18.6. The normalized spacial score (nSPS) is 11.8. The smallest absolute Gasteiger partial charge is 0.344 e.